The highest BCUT2D eigenvalue weighted by Gasteiger charge is 2.31. The smallest absolute Gasteiger partial charge is 0.406 e. The summed E-state index contributed by atoms with van der Waals surface area (Å²) in [6.45, 7) is 4.29. The van der Waals surface area contributed by atoms with Gasteiger partial charge in [0.2, 0.25) is 11.8 Å². The number of rotatable bonds is 11. The van der Waals surface area contributed by atoms with Crippen LogP contribution in [-0.2, 0) is 22.7 Å². The lowest BCUT2D eigenvalue weighted by Crippen LogP contribution is -2.30. The van der Waals surface area contributed by atoms with Gasteiger partial charge in [-0.2, -0.15) is 0 Å². The number of aliphatic hydroxyl groups excluding tert-OH is 1. The number of nitrogens with one attached hydrogen (secondary N) is 2. The van der Waals surface area contributed by atoms with Crippen LogP contribution in [0.25, 0.3) is 0 Å². The molecule has 0 atom stereocenters. The first-order chi connectivity index (χ1) is 15.1. The van der Waals surface area contributed by atoms with E-state index in [-0.39, 0.29) is 24.8 Å². The average molecular weight is 475 g/mol. The van der Waals surface area contributed by atoms with Crippen molar-refractivity contribution in [2.45, 2.75) is 44.9 Å². The fourth-order valence-corrected chi connectivity index (χ4v) is 3.37. The lowest BCUT2D eigenvalue weighted by Gasteiger charge is -2.12. The molecule has 0 bridgehead atoms. The number of carbonyl (C=O) groups excluding carboxylic acids is 2. The Hall–Kier alpha value is -2.73. The third-order valence-electron chi connectivity index (χ3n) is 4.11. The number of hydrogen-bond acceptors (Lipinski definition) is 6. The number of amides is 2. The van der Waals surface area contributed by atoms with Crippen LogP contribution in [0.15, 0.2) is 35.6 Å². The van der Waals surface area contributed by atoms with E-state index in [1.54, 1.807) is 0 Å². The number of carbonyl (C=O) groups is 2. The van der Waals surface area contributed by atoms with Gasteiger partial charge in [-0.15, -0.1) is 13.2 Å². The van der Waals surface area contributed by atoms with E-state index in [4.69, 9.17) is 0 Å². The van der Waals surface area contributed by atoms with Gasteiger partial charge in [-0.3, -0.25) is 9.59 Å². The van der Waals surface area contributed by atoms with Gasteiger partial charge in [-0.1, -0.05) is 25.6 Å². The van der Waals surface area contributed by atoms with Crippen LogP contribution in [0.1, 0.15) is 26.0 Å². The number of aliphatic hydroxyl groups is 1. The number of thioether (sulfide) groups is 1. The zero-order chi connectivity index (χ0) is 23.7. The summed E-state index contributed by atoms with van der Waals surface area (Å²) in [6, 6.07) is 4.76. The molecule has 12 heteroatoms. The van der Waals surface area contributed by atoms with Crippen LogP contribution in [0.4, 0.5) is 18.9 Å². The molecule has 176 valence electrons. The van der Waals surface area contributed by atoms with Gasteiger partial charge in [0.15, 0.2) is 5.16 Å². The maximum absolute atomic E-state index is 12.2. The highest BCUT2D eigenvalue weighted by Crippen LogP contribution is 2.24. The normalized spacial score (nSPS) is 11.5. The van der Waals surface area contributed by atoms with Gasteiger partial charge in [-0.05, 0) is 36.6 Å². The van der Waals surface area contributed by atoms with Gasteiger partial charge in [0.1, 0.15) is 12.3 Å². The molecule has 0 saturated carbocycles. The number of benzene rings is 1. The summed E-state index contributed by atoms with van der Waals surface area (Å²) in [5.74, 6) is -0.645. The lowest BCUT2D eigenvalue weighted by atomic mass is 10.1. The number of anilines is 1. The van der Waals surface area contributed by atoms with Crippen molar-refractivity contribution < 1.29 is 32.6 Å². The van der Waals surface area contributed by atoms with Gasteiger partial charge in [-0.25, -0.2) is 4.98 Å². The van der Waals surface area contributed by atoms with E-state index in [1.165, 1.54) is 22.9 Å². The van der Waals surface area contributed by atoms with Crippen LogP contribution in [0.3, 0.4) is 0 Å². The Morgan fingerprint density at radius 2 is 1.91 bits per heavy atom. The molecule has 0 unspecified atom stereocenters. The molecular weight excluding hydrogens is 449 g/mol. The fourth-order valence-electron chi connectivity index (χ4n) is 2.57. The second kappa shape index (κ2) is 11.8. The molecular formula is C20H25F3N4O4S. The summed E-state index contributed by atoms with van der Waals surface area (Å²) < 4.78 is 41.9. The number of imidazole rings is 1. The Morgan fingerprint density at radius 3 is 2.50 bits per heavy atom. The van der Waals surface area contributed by atoms with Gasteiger partial charge < -0.3 is 25.0 Å². The highest BCUT2D eigenvalue weighted by atomic mass is 32.2. The molecule has 0 radical (unpaired) electrons. The molecule has 8 nitrogen and oxygen atoms in total. The molecule has 0 aliphatic rings. The van der Waals surface area contributed by atoms with Crippen LogP contribution >= 0.6 is 11.8 Å². The average Bonchev–Trinajstić information content (AvgIpc) is 3.08. The van der Waals surface area contributed by atoms with E-state index in [1.807, 2.05) is 0 Å². The zero-order valence-electron chi connectivity index (χ0n) is 17.6. The Labute approximate surface area is 187 Å². The molecule has 32 heavy (non-hydrogen) atoms. The minimum atomic E-state index is -4.79. The molecule has 2 amide bonds. The molecule has 2 rings (SSSR count). The van der Waals surface area contributed by atoms with Crippen LogP contribution in [0.2, 0.25) is 0 Å². The first kappa shape index (κ1) is 25.5. The quantitative estimate of drug-likeness (QED) is 0.432. The second-order valence-corrected chi connectivity index (χ2v) is 8.16. The standard InChI is InChI=1S/C20H25F3N4O4S/c1-13(2)7-8-24-17(29)10-27-15(11-28)9-25-19(27)32-12-18(30)26-14-3-5-16(6-4-14)31-20(21,22)23/h3-6,9,13,28H,7-8,10-12H2,1-2H3,(H,24,29)(H,26,30). The number of nitrogens with zero attached hydrogens (tertiary/aromatic N) is 2. The number of hydrogen-bond donors (Lipinski definition) is 3. The molecule has 0 aliphatic carbocycles. The summed E-state index contributed by atoms with van der Waals surface area (Å²) >= 11 is 1.07. The summed E-state index contributed by atoms with van der Waals surface area (Å²) in [6.07, 6.45) is -2.52. The van der Waals surface area contributed by atoms with Crippen molar-refractivity contribution in [3.8, 4) is 5.75 Å². The van der Waals surface area contributed by atoms with Gasteiger partial charge in [0, 0.05) is 12.2 Å². The Morgan fingerprint density at radius 1 is 1.22 bits per heavy atom. The minimum Gasteiger partial charge on any atom is -0.406 e. The first-order valence-electron chi connectivity index (χ1n) is 9.77. The Kier molecular flexibility index (Phi) is 9.39. The second-order valence-electron chi connectivity index (χ2n) is 7.22. The highest BCUT2D eigenvalue weighted by molar-refractivity contribution is 7.99. The van der Waals surface area contributed by atoms with Crippen molar-refractivity contribution in [2.75, 3.05) is 17.6 Å². The van der Waals surface area contributed by atoms with Crippen LogP contribution < -0.4 is 15.4 Å². The number of aromatic nitrogens is 2. The largest absolute Gasteiger partial charge is 0.573 e. The predicted molar refractivity (Wildman–Crippen MR) is 113 cm³/mol. The fraction of sp³-hybridized carbons (Fsp3) is 0.450. The minimum absolute atomic E-state index is 0.0430. The predicted octanol–water partition coefficient (Wildman–Crippen LogP) is 3.17. The SMILES string of the molecule is CC(C)CCNC(=O)Cn1c(CO)cnc1SCC(=O)Nc1ccc(OC(F)(F)F)cc1. The third-order valence-corrected chi connectivity index (χ3v) is 5.10. The van der Waals surface area contributed by atoms with Crippen LogP contribution in [0, 0.1) is 5.92 Å². The van der Waals surface area contributed by atoms with E-state index in [2.05, 4.69) is 34.2 Å². The van der Waals surface area contributed by atoms with E-state index in [0.717, 1.165) is 30.3 Å². The molecule has 0 spiro atoms. The van der Waals surface area contributed by atoms with Crippen molar-refractivity contribution in [2.24, 2.45) is 5.92 Å². The summed E-state index contributed by atoms with van der Waals surface area (Å²) in [4.78, 5) is 28.6. The summed E-state index contributed by atoms with van der Waals surface area (Å²) in [5, 5.41) is 15.3. The Balaban J connectivity index is 1.90. The van der Waals surface area contributed by atoms with Gasteiger partial charge in [0.05, 0.1) is 24.3 Å². The molecule has 0 saturated heterocycles. The summed E-state index contributed by atoms with van der Waals surface area (Å²) in [5.41, 5.74) is 0.737. The first-order valence-corrected chi connectivity index (χ1v) is 10.8. The van der Waals surface area contributed by atoms with Crippen LogP contribution in [-0.4, -0.2) is 45.1 Å². The molecule has 1 aromatic carbocycles. The molecule has 0 aliphatic heterocycles. The summed E-state index contributed by atoms with van der Waals surface area (Å²) in [7, 11) is 0. The molecule has 2 aromatic rings. The molecule has 1 heterocycles. The van der Waals surface area contributed by atoms with Crippen molar-refractivity contribution in [1.82, 2.24) is 14.9 Å². The topological polar surface area (TPSA) is 105 Å². The lowest BCUT2D eigenvalue weighted by molar-refractivity contribution is -0.274. The maximum Gasteiger partial charge on any atom is 0.573 e. The van der Waals surface area contributed by atoms with Crippen molar-refractivity contribution in [3.63, 3.8) is 0 Å². The number of alkyl halides is 3. The monoisotopic (exact) mass is 474 g/mol. The van der Waals surface area contributed by atoms with Gasteiger partial charge in [0.25, 0.3) is 0 Å². The zero-order valence-corrected chi connectivity index (χ0v) is 18.4. The molecule has 1 aromatic heterocycles. The molecule has 3 N–H and O–H groups in total. The van der Waals surface area contributed by atoms with E-state index < -0.39 is 18.0 Å². The maximum atomic E-state index is 12.2. The van der Waals surface area contributed by atoms with E-state index >= 15 is 0 Å². The van der Waals surface area contributed by atoms with Crippen LogP contribution in [0.5, 0.6) is 5.75 Å². The van der Waals surface area contributed by atoms with E-state index in [0.29, 0.717) is 29.0 Å². The van der Waals surface area contributed by atoms with Crippen molar-refractivity contribution in [3.05, 3.63) is 36.2 Å². The van der Waals surface area contributed by atoms with E-state index in [9.17, 15) is 27.9 Å². The molecule has 0 fully saturated rings. The Bertz CT molecular complexity index is 901. The van der Waals surface area contributed by atoms with Gasteiger partial charge >= 0.3 is 6.36 Å². The number of halogens is 3. The third kappa shape index (κ3) is 8.79. The van der Waals surface area contributed by atoms with Crippen molar-refractivity contribution >= 4 is 29.3 Å². The van der Waals surface area contributed by atoms with Crippen molar-refractivity contribution in [1.29, 1.82) is 0 Å². The number of ether oxygens (including phenoxy) is 1.